The maximum atomic E-state index is 13.0. The summed E-state index contributed by atoms with van der Waals surface area (Å²) in [5.41, 5.74) is 4.55. The van der Waals surface area contributed by atoms with Gasteiger partial charge in [-0.05, 0) is 6.07 Å². The van der Waals surface area contributed by atoms with Crippen molar-refractivity contribution < 1.29 is 24.5 Å². The molecule has 0 amide bonds. The van der Waals surface area contributed by atoms with Crippen LogP contribution < -0.4 is 5.73 Å². The zero-order chi connectivity index (χ0) is 11.6. The zero-order valence-electron chi connectivity index (χ0n) is 7.64. The van der Waals surface area contributed by atoms with E-state index in [2.05, 4.69) is 0 Å². The van der Waals surface area contributed by atoms with E-state index in [-0.39, 0.29) is 5.56 Å². The van der Waals surface area contributed by atoms with Crippen LogP contribution in [-0.4, -0.2) is 27.9 Å². The van der Waals surface area contributed by atoms with Crippen LogP contribution in [-0.2, 0) is 0 Å². The summed E-state index contributed by atoms with van der Waals surface area (Å²) in [4.78, 5) is 10.6. The smallest absolute Gasteiger partial charge is 0.342 e. The van der Waals surface area contributed by atoms with Gasteiger partial charge in [0.15, 0.2) is 0 Å². The molecule has 1 aromatic rings. The SMILES string of the molecule is N[C@@H](CO)c1ccc(F)c(C(=O)O)c1O. The summed E-state index contributed by atoms with van der Waals surface area (Å²) >= 11 is 0. The predicted octanol–water partition coefficient (Wildman–Crippen LogP) is 0.222. The number of aromatic carboxylic acids is 1. The van der Waals surface area contributed by atoms with Gasteiger partial charge in [0.1, 0.15) is 17.1 Å². The first-order chi connectivity index (χ1) is 6.99. The van der Waals surface area contributed by atoms with Gasteiger partial charge >= 0.3 is 5.97 Å². The lowest BCUT2D eigenvalue weighted by Gasteiger charge is -2.12. The molecule has 0 saturated carbocycles. The Morgan fingerprint density at radius 1 is 1.53 bits per heavy atom. The minimum Gasteiger partial charge on any atom is -0.507 e. The fraction of sp³-hybridized carbons (Fsp3) is 0.222. The molecule has 0 heterocycles. The maximum Gasteiger partial charge on any atom is 0.342 e. The van der Waals surface area contributed by atoms with Crippen LogP contribution in [0.15, 0.2) is 12.1 Å². The minimum atomic E-state index is -1.59. The fourth-order valence-corrected chi connectivity index (χ4v) is 1.18. The number of aliphatic hydroxyl groups is 1. The summed E-state index contributed by atoms with van der Waals surface area (Å²) in [6.45, 7) is -0.474. The maximum absolute atomic E-state index is 13.0. The van der Waals surface area contributed by atoms with Crippen LogP contribution in [0, 0.1) is 5.82 Å². The Kier molecular flexibility index (Phi) is 3.23. The summed E-state index contributed by atoms with van der Waals surface area (Å²) in [5.74, 6) is -3.38. The third-order valence-corrected chi connectivity index (χ3v) is 1.97. The molecular weight excluding hydrogens is 205 g/mol. The monoisotopic (exact) mass is 215 g/mol. The first kappa shape index (κ1) is 11.4. The number of rotatable bonds is 3. The molecule has 0 radical (unpaired) electrons. The van der Waals surface area contributed by atoms with E-state index in [4.69, 9.17) is 15.9 Å². The van der Waals surface area contributed by atoms with E-state index in [1.807, 2.05) is 0 Å². The quantitative estimate of drug-likeness (QED) is 0.577. The van der Waals surface area contributed by atoms with Crippen molar-refractivity contribution in [3.8, 4) is 5.75 Å². The van der Waals surface area contributed by atoms with E-state index in [0.717, 1.165) is 12.1 Å². The highest BCUT2D eigenvalue weighted by Crippen LogP contribution is 2.28. The number of halogens is 1. The van der Waals surface area contributed by atoms with E-state index in [1.165, 1.54) is 0 Å². The van der Waals surface area contributed by atoms with Gasteiger partial charge in [0.2, 0.25) is 0 Å². The van der Waals surface area contributed by atoms with Crippen molar-refractivity contribution in [2.24, 2.45) is 5.73 Å². The van der Waals surface area contributed by atoms with Crippen LogP contribution in [0.3, 0.4) is 0 Å². The Morgan fingerprint density at radius 2 is 2.13 bits per heavy atom. The number of phenols is 1. The Balaban J connectivity index is 3.34. The van der Waals surface area contributed by atoms with Crippen molar-refractivity contribution in [2.75, 3.05) is 6.61 Å². The van der Waals surface area contributed by atoms with Gasteiger partial charge < -0.3 is 21.1 Å². The Hall–Kier alpha value is -1.66. The number of nitrogens with two attached hydrogens (primary N) is 1. The molecule has 0 aliphatic rings. The topological polar surface area (TPSA) is 104 Å². The average molecular weight is 215 g/mol. The first-order valence-corrected chi connectivity index (χ1v) is 4.10. The molecule has 0 fully saturated rings. The van der Waals surface area contributed by atoms with Crippen LogP contribution in [0.5, 0.6) is 5.75 Å². The average Bonchev–Trinajstić information content (AvgIpc) is 2.16. The summed E-state index contributed by atoms with van der Waals surface area (Å²) in [7, 11) is 0. The lowest BCUT2D eigenvalue weighted by Crippen LogP contribution is -2.16. The standard InChI is InChI=1S/C9H10FNO4/c10-5-2-1-4(6(11)3-12)8(13)7(5)9(14)15/h1-2,6,12-13H,3,11H2,(H,14,15)/t6-/m0/s1. The molecule has 0 aliphatic carbocycles. The van der Waals surface area contributed by atoms with Gasteiger partial charge in [-0.3, -0.25) is 0 Å². The second-order valence-electron chi connectivity index (χ2n) is 2.95. The molecule has 5 nitrogen and oxygen atoms in total. The highest BCUT2D eigenvalue weighted by molar-refractivity contribution is 5.91. The largest absolute Gasteiger partial charge is 0.507 e. The van der Waals surface area contributed by atoms with Gasteiger partial charge in [-0.1, -0.05) is 6.07 Å². The zero-order valence-corrected chi connectivity index (χ0v) is 7.64. The van der Waals surface area contributed by atoms with E-state index in [0.29, 0.717) is 0 Å². The number of carboxylic acids is 1. The molecular formula is C9H10FNO4. The third kappa shape index (κ3) is 2.05. The highest BCUT2D eigenvalue weighted by Gasteiger charge is 2.21. The molecule has 0 unspecified atom stereocenters. The van der Waals surface area contributed by atoms with E-state index in [1.54, 1.807) is 0 Å². The van der Waals surface area contributed by atoms with Gasteiger partial charge in [0.05, 0.1) is 12.6 Å². The van der Waals surface area contributed by atoms with Gasteiger partial charge in [-0.25, -0.2) is 9.18 Å². The Morgan fingerprint density at radius 3 is 2.60 bits per heavy atom. The Labute approximate surface area is 84.6 Å². The van der Waals surface area contributed by atoms with Gasteiger partial charge in [-0.15, -0.1) is 0 Å². The van der Waals surface area contributed by atoms with Crippen molar-refractivity contribution in [3.63, 3.8) is 0 Å². The highest BCUT2D eigenvalue weighted by atomic mass is 19.1. The van der Waals surface area contributed by atoms with Gasteiger partial charge in [0, 0.05) is 5.56 Å². The molecule has 15 heavy (non-hydrogen) atoms. The summed E-state index contributed by atoms with van der Waals surface area (Å²) in [6.07, 6.45) is 0. The second kappa shape index (κ2) is 4.24. The minimum absolute atomic E-state index is 0.00343. The first-order valence-electron chi connectivity index (χ1n) is 4.10. The summed E-state index contributed by atoms with van der Waals surface area (Å²) in [6, 6.07) is 1.08. The molecule has 1 aromatic carbocycles. The molecule has 0 aliphatic heterocycles. The molecule has 1 atom stereocenters. The molecule has 0 spiro atoms. The fourth-order valence-electron chi connectivity index (χ4n) is 1.18. The molecule has 0 saturated heterocycles. The van der Waals surface area contributed by atoms with Crippen LogP contribution >= 0.6 is 0 Å². The molecule has 6 heteroatoms. The Bertz CT molecular complexity index is 394. The van der Waals surface area contributed by atoms with Crippen LogP contribution in [0.4, 0.5) is 4.39 Å². The lowest BCUT2D eigenvalue weighted by atomic mass is 10.0. The van der Waals surface area contributed by atoms with Crippen molar-refractivity contribution in [1.82, 2.24) is 0 Å². The predicted molar refractivity (Wildman–Crippen MR) is 49.0 cm³/mol. The summed E-state index contributed by atoms with van der Waals surface area (Å²) < 4.78 is 13.0. The van der Waals surface area contributed by atoms with Crippen molar-refractivity contribution in [2.45, 2.75) is 6.04 Å². The number of benzene rings is 1. The van der Waals surface area contributed by atoms with E-state index in [9.17, 15) is 14.3 Å². The molecule has 0 aromatic heterocycles. The number of hydrogen-bond donors (Lipinski definition) is 4. The van der Waals surface area contributed by atoms with Crippen LogP contribution in [0.25, 0.3) is 0 Å². The van der Waals surface area contributed by atoms with Crippen molar-refractivity contribution >= 4 is 5.97 Å². The number of aromatic hydroxyl groups is 1. The number of carboxylic acid groups (broad SMARTS) is 1. The normalized spacial score (nSPS) is 12.5. The van der Waals surface area contributed by atoms with E-state index >= 15 is 0 Å². The number of carbonyl (C=O) groups is 1. The number of hydrogen-bond acceptors (Lipinski definition) is 4. The second-order valence-corrected chi connectivity index (χ2v) is 2.95. The summed E-state index contributed by atoms with van der Waals surface area (Å²) in [5, 5.41) is 26.8. The van der Waals surface area contributed by atoms with Crippen molar-refractivity contribution in [1.29, 1.82) is 0 Å². The van der Waals surface area contributed by atoms with Crippen molar-refractivity contribution in [3.05, 3.63) is 29.1 Å². The molecule has 5 N–H and O–H groups in total. The lowest BCUT2D eigenvalue weighted by molar-refractivity contribution is 0.0688. The number of aliphatic hydroxyl groups excluding tert-OH is 1. The van der Waals surface area contributed by atoms with Gasteiger partial charge in [0.25, 0.3) is 0 Å². The molecule has 82 valence electrons. The van der Waals surface area contributed by atoms with E-state index < -0.39 is 35.7 Å². The molecule has 1 rings (SSSR count). The van der Waals surface area contributed by atoms with Crippen LogP contribution in [0.2, 0.25) is 0 Å². The van der Waals surface area contributed by atoms with Crippen LogP contribution in [0.1, 0.15) is 22.0 Å². The third-order valence-electron chi connectivity index (χ3n) is 1.97. The van der Waals surface area contributed by atoms with Gasteiger partial charge in [-0.2, -0.15) is 0 Å². The molecule has 0 bridgehead atoms.